The minimum atomic E-state index is -0.600. The maximum absolute atomic E-state index is 11.1. The van der Waals surface area contributed by atoms with Crippen molar-refractivity contribution in [2.75, 3.05) is 6.61 Å². The standard InChI is InChI=1S/C12H12O4.C3H6/c1-2-12(14)16-11(8-15-9-13)10-6-4-3-5-7-10;1-3-2/h2-7,9,11H,1,8H2;3H,1H2,2H3. The van der Waals surface area contributed by atoms with Crippen molar-refractivity contribution in [2.45, 2.75) is 13.0 Å². The molecule has 19 heavy (non-hydrogen) atoms. The van der Waals surface area contributed by atoms with E-state index in [0.717, 1.165) is 11.6 Å². The highest BCUT2D eigenvalue weighted by molar-refractivity contribution is 5.81. The Balaban J connectivity index is 0.000000982. The van der Waals surface area contributed by atoms with Gasteiger partial charge in [0.2, 0.25) is 0 Å². The molecule has 0 aliphatic carbocycles. The number of allylic oxidation sites excluding steroid dienone is 1. The highest BCUT2D eigenvalue weighted by atomic mass is 16.6. The van der Waals surface area contributed by atoms with Crippen LogP contribution in [0.5, 0.6) is 0 Å². The normalized spacial score (nSPS) is 10.2. The average molecular weight is 262 g/mol. The van der Waals surface area contributed by atoms with E-state index >= 15 is 0 Å². The Morgan fingerprint density at radius 1 is 1.32 bits per heavy atom. The molecule has 4 heteroatoms. The van der Waals surface area contributed by atoms with Gasteiger partial charge in [0, 0.05) is 6.08 Å². The minimum absolute atomic E-state index is 0.00685. The number of hydrogen-bond acceptors (Lipinski definition) is 4. The van der Waals surface area contributed by atoms with Crippen LogP contribution in [0.15, 0.2) is 55.6 Å². The van der Waals surface area contributed by atoms with Gasteiger partial charge in [-0.05, 0) is 12.5 Å². The van der Waals surface area contributed by atoms with Crippen LogP contribution >= 0.6 is 0 Å². The average Bonchev–Trinajstić information content (AvgIpc) is 2.45. The van der Waals surface area contributed by atoms with Crippen LogP contribution in [-0.2, 0) is 19.1 Å². The predicted octanol–water partition coefficient (Wildman–Crippen LogP) is 2.82. The van der Waals surface area contributed by atoms with Crippen LogP contribution in [0.2, 0.25) is 0 Å². The molecule has 102 valence electrons. The van der Waals surface area contributed by atoms with Crippen LogP contribution in [0, 0.1) is 0 Å². The molecule has 0 bridgehead atoms. The Morgan fingerprint density at radius 3 is 2.37 bits per heavy atom. The van der Waals surface area contributed by atoms with E-state index in [1.54, 1.807) is 18.2 Å². The zero-order valence-electron chi connectivity index (χ0n) is 11.0. The topological polar surface area (TPSA) is 52.6 Å². The Morgan fingerprint density at radius 2 is 1.89 bits per heavy atom. The molecular formula is C15H18O4. The van der Waals surface area contributed by atoms with Crippen molar-refractivity contribution in [1.29, 1.82) is 0 Å². The van der Waals surface area contributed by atoms with Crippen LogP contribution in [0.25, 0.3) is 0 Å². The molecule has 4 nitrogen and oxygen atoms in total. The van der Waals surface area contributed by atoms with Gasteiger partial charge in [-0.2, -0.15) is 0 Å². The smallest absolute Gasteiger partial charge is 0.330 e. The second-order valence-corrected chi connectivity index (χ2v) is 3.38. The zero-order valence-corrected chi connectivity index (χ0v) is 11.0. The zero-order chi connectivity index (χ0) is 14.5. The molecule has 1 atom stereocenters. The lowest BCUT2D eigenvalue weighted by atomic mass is 10.1. The highest BCUT2D eigenvalue weighted by Gasteiger charge is 2.15. The van der Waals surface area contributed by atoms with Crippen molar-refractivity contribution in [3.63, 3.8) is 0 Å². The summed E-state index contributed by atoms with van der Waals surface area (Å²) >= 11 is 0. The van der Waals surface area contributed by atoms with E-state index < -0.39 is 12.1 Å². The molecule has 0 aliphatic rings. The molecule has 0 N–H and O–H groups in total. The van der Waals surface area contributed by atoms with Crippen LogP contribution in [0.1, 0.15) is 18.6 Å². The molecular weight excluding hydrogens is 244 g/mol. The van der Waals surface area contributed by atoms with Gasteiger partial charge in [-0.15, -0.1) is 6.58 Å². The van der Waals surface area contributed by atoms with Gasteiger partial charge >= 0.3 is 5.97 Å². The van der Waals surface area contributed by atoms with Crippen molar-refractivity contribution in [2.24, 2.45) is 0 Å². The van der Waals surface area contributed by atoms with E-state index in [1.165, 1.54) is 0 Å². The lowest BCUT2D eigenvalue weighted by Crippen LogP contribution is -2.14. The molecule has 0 saturated heterocycles. The molecule has 0 spiro atoms. The number of ether oxygens (including phenoxy) is 2. The van der Waals surface area contributed by atoms with Crippen LogP contribution in [0.4, 0.5) is 0 Å². The lowest BCUT2D eigenvalue weighted by Gasteiger charge is -2.15. The SMILES string of the molecule is C=CC.C=CC(=O)OC(COC=O)c1ccccc1. The number of rotatable bonds is 6. The van der Waals surface area contributed by atoms with Crippen molar-refractivity contribution in [3.05, 3.63) is 61.2 Å². The van der Waals surface area contributed by atoms with E-state index in [1.807, 2.05) is 25.1 Å². The fourth-order valence-corrected chi connectivity index (χ4v) is 1.18. The molecule has 0 radical (unpaired) electrons. The van der Waals surface area contributed by atoms with E-state index in [0.29, 0.717) is 6.47 Å². The Labute approximate surface area is 113 Å². The summed E-state index contributed by atoms with van der Waals surface area (Å²) in [6.45, 7) is 8.86. The van der Waals surface area contributed by atoms with E-state index in [-0.39, 0.29) is 6.61 Å². The van der Waals surface area contributed by atoms with E-state index in [2.05, 4.69) is 17.9 Å². The summed E-state index contributed by atoms with van der Waals surface area (Å²) in [5.74, 6) is -0.552. The second kappa shape index (κ2) is 10.8. The number of esters is 1. The summed E-state index contributed by atoms with van der Waals surface area (Å²) in [5.41, 5.74) is 0.763. The van der Waals surface area contributed by atoms with Crippen molar-refractivity contribution in [3.8, 4) is 0 Å². The number of hydrogen-bond donors (Lipinski definition) is 0. The molecule has 1 aromatic carbocycles. The molecule has 1 rings (SSSR count). The Hall–Kier alpha value is -2.36. The Kier molecular flexibility index (Phi) is 9.43. The summed E-state index contributed by atoms with van der Waals surface area (Å²) in [7, 11) is 0. The lowest BCUT2D eigenvalue weighted by molar-refractivity contribution is -0.150. The molecule has 0 amide bonds. The molecule has 0 heterocycles. The first kappa shape index (κ1) is 16.6. The van der Waals surface area contributed by atoms with Crippen LogP contribution in [-0.4, -0.2) is 19.0 Å². The van der Waals surface area contributed by atoms with E-state index in [4.69, 9.17) is 4.74 Å². The van der Waals surface area contributed by atoms with Gasteiger partial charge in [0.15, 0.2) is 6.10 Å². The monoisotopic (exact) mass is 262 g/mol. The first-order valence-electron chi connectivity index (χ1n) is 5.69. The third-order valence-electron chi connectivity index (χ3n) is 1.91. The molecule has 1 unspecified atom stereocenters. The number of benzene rings is 1. The van der Waals surface area contributed by atoms with Gasteiger partial charge in [-0.3, -0.25) is 4.79 Å². The Bertz CT molecular complexity index is 398. The van der Waals surface area contributed by atoms with Crippen LogP contribution in [0.3, 0.4) is 0 Å². The summed E-state index contributed by atoms with van der Waals surface area (Å²) < 4.78 is 9.65. The maximum Gasteiger partial charge on any atom is 0.330 e. The van der Waals surface area contributed by atoms with Crippen molar-refractivity contribution >= 4 is 12.4 Å². The minimum Gasteiger partial charge on any atom is -0.464 e. The molecule has 0 aliphatic heterocycles. The van der Waals surface area contributed by atoms with Gasteiger partial charge in [0.05, 0.1) is 0 Å². The summed E-state index contributed by atoms with van der Waals surface area (Å²) in [6.07, 6.45) is 2.22. The van der Waals surface area contributed by atoms with Crippen molar-refractivity contribution in [1.82, 2.24) is 0 Å². The molecule has 0 fully saturated rings. The third kappa shape index (κ3) is 7.54. The van der Waals surface area contributed by atoms with Gasteiger partial charge < -0.3 is 9.47 Å². The number of carbonyl (C=O) groups excluding carboxylic acids is 2. The fraction of sp³-hybridized carbons (Fsp3) is 0.200. The van der Waals surface area contributed by atoms with Crippen LogP contribution < -0.4 is 0 Å². The predicted molar refractivity (Wildman–Crippen MR) is 73.4 cm³/mol. The fourth-order valence-electron chi connectivity index (χ4n) is 1.18. The summed E-state index contributed by atoms with van der Waals surface area (Å²) in [4.78, 5) is 21.2. The van der Waals surface area contributed by atoms with Gasteiger partial charge in [0.25, 0.3) is 6.47 Å². The first-order chi connectivity index (χ1) is 9.19. The largest absolute Gasteiger partial charge is 0.464 e. The van der Waals surface area contributed by atoms with Gasteiger partial charge in [-0.1, -0.05) is 43.0 Å². The quantitative estimate of drug-likeness (QED) is 0.342. The maximum atomic E-state index is 11.1. The van der Waals surface area contributed by atoms with E-state index in [9.17, 15) is 9.59 Å². The summed E-state index contributed by atoms with van der Waals surface area (Å²) in [6, 6.07) is 9.04. The first-order valence-corrected chi connectivity index (χ1v) is 5.69. The summed E-state index contributed by atoms with van der Waals surface area (Å²) in [5, 5.41) is 0. The van der Waals surface area contributed by atoms with Gasteiger partial charge in [-0.25, -0.2) is 4.79 Å². The van der Waals surface area contributed by atoms with Crippen molar-refractivity contribution < 1.29 is 19.1 Å². The molecule has 0 saturated carbocycles. The third-order valence-corrected chi connectivity index (χ3v) is 1.91. The van der Waals surface area contributed by atoms with Gasteiger partial charge in [0.1, 0.15) is 6.61 Å². The second-order valence-electron chi connectivity index (χ2n) is 3.38. The molecule has 0 aromatic heterocycles. The highest BCUT2D eigenvalue weighted by Crippen LogP contribution is 2.17. The number of carbonyl (C=O) groups is 2. The molecule has 1 aromatic rings.